The van der Waals surface area contributed by atoms with Gasteiger partial charge >= 0.3 is 0 Å². The molecule has 2 aliphatic rings. The van der Waals surface area contributed by atoms with Crippen LogP contribution in [0.1, 0.15) is 38.5 Å². The van der Waals surface area contributed by atoms with Gasteiger partial charge in [0, 0.05) is 26.8 Å². The summed E-state index contributed by atoms with van der Waals surface area (Å²) in [6.45, 7) is 2.96. The van der Waals surface area contributed by atoms with E-state index in [2.05, 4.69) is 9.89 Å². The molecule has 0 aromatic rings. The fourth-order valence-corrected chi connectivity index (χ4v) is 2.87. The molecule has 2 fully saturated rings. The van der Waals surface area contributed by atoms with Gasteiger partial charge in [0.15, 0.2) is 5.96 Å². The van der Waals surface area contributed by atoms with Crippen molar-refractivity contribution in [1.82, 2.24) is 4.90 Å². The average Bonchev–Trinajstić information content (AvgIpc) is 2.83. The molecule has 1 saturated heterocycles. The molecule has 1 saturated carbocycles. The highest BCUT2D eigenvalue weighted by atomic mass is 16.5. The number of piperidine rings is 1. The Kier molecular flexibility index (Phi) is 4.66. The van der Waals surface area contributed by atoms with Gasteiger partial charge in [0.25, 0.3) is 0 Å². The van der Waals surface area contributed by atoms with Crippen LogP contribution in [0.5, 0.6) is 0 Å². The number of guanidine groups is 1. The number of nitrogens with zero attached hydrogens (tertiary/aromatic N) is 2. The van der Waals surface area contributed by atoms with Gasteiger partial charge in [0.2, 0.25) is 0 Å². The molecular weight excluding hydrogens is 214 g/mol. The van der Waals surface area contributed by atoms with Crippen molar-refractivity contribution in [2.45, 2.75) is 44.6 Å². The van der Waals surface area contributed by atoms with Crippen LogP contribution in [0.25, 0.3) is 0 Å². The number of methoxy groups -OCH3 is 1. The molecule has 0 amide bonds. The first kappa shape index (κ1) is 12.7. The van der Waals surface area contributed by atoms with Gasteiger partial charge in [-0.05, 0) is 31.6 Å². The van der Waals surface area contributed by atoms with Crippen molar-refractivity contribution in [1.29, 1.82) is 0 Å². The summed E-state index contributed by atoms with van der Waals surface area (Å²) < 4.78 is 5.20. The van der Waals surface area contributed by atoms with Crippen molar-refractivity contribution in [2.24, 2.45) is 16.6 Å². The van der Waals surface area contributed by atoms with E-state index in [4.69, 9.17) is 10.5 Å². The van der Waals surface area contributed by atoms with Crippen molar-refractivity contribution in [3.8, 4) is 0 Å². The first-order valence-electron chi connectivity index (χ1n) is 6.86. The molecule has 17 heavy (non-hydrogen) atoms. The van der Waals surface area contributed by atoms with Gasteiger partial charge in [-0.1, -0.05) is 12.8 Å². The zero-order chi connectivity index (χ0) is 12.1. The van der Waals surface area contributed by atoms with E-state index < -0.39 is 0 Å². The Morgan fingerprint density at radius 3 is 2.47 bits per heavy atom. The lowest BCUT2D eigenvalue weighted by molar-refractivity contribution is 0.118. The fraction of sp³-hybridized carbons (Fsp3) is 0.923. The van der Waals surface area contributed by atoms with Crippen LogP contribution in [0.3, 0.4) is 0 Å². The van der Waals surface area contributed by atoms with Crippen molar-refractivity contribution in [3.63, 3.8) is 0 Å². The Bertz CT molecular complexity index is 253. The third-order valence-corrected chi connectivity index (χ3v) is 3.98. The second-order valence-corrected chi connectivity index (χ2v) is 5.31. The van der Waals surface area contributed by atoms with E-state index in [-0.39, 0.29) is 0 Å². The molecule has 2 rings (SSSR count). The number of ether oxygens (including phenoxy) is 1. The van der Waals surface area contributed by atoms with Crippen LogP contribution in [0.4, 0.5) is 0 Å². The zero-order valence-corrected chi connectivity index (χ0v) is 10.9. The van der Waals surface area contributed by atoms with Crippen LogP contribution in [-0.2, 0) is 4.74 Å². The van der Waals surface area contributed by atoms with Gasteiger partial charge in [-0.15, -0.1) is 0 Å². The van der Waals surface area contributed by atoms with Crippen LogP contribution >= 0.6 is 0 Å². The fourth-order valence-electron chi connectivity index (χ4n) is 2.87. The number of hydrogen-bond donors (Lipinski definition) is 1. The van der Waals surface area contributed by atoms with Crippen molar-refractivity contribution < 1.29 is 4.74 Å². The quantitative estimate of drug-likeness (QED) is 0.601. The topological polar surface area (TPSA) is 50.9 Å². The maximum atomic E-state index is 6.09. The van der Waals surface area contributed by atoms with Crippen LogP contribution < -0.4 is 5.73 Å². The molecule has 0 spiro atoms. The predicted octanol–water partition coefficient (Wildman–Crippen LogP) is 1.60. The molecule has 4 nitrogen and oxygen atoms in total. The molecule has 0 atom stereocenters. The summed E-state index contributed by atoms with van der Waals surface area (Å²) in [6.07, 6.45) is 7.43. The third-order valence-electron chi connectivity index (χ3n) is 3.98. The normalized spacial score (nSPS) is 24.5. The number of likely N-dealkylation sites (tertiary alicyclic amines) is 1. The second-order valence-electron chi connectivity index (χ2n) is 5.31. The first-order valence-corrected chi connectivity index (χ1v) is 6.86. The van der Waals surface area contributed by atoms with Crippen molar-refractivity contribution in [2.75, 3.05) is 26.8 Å². The van der Waals surface area contributed by atoms with E-state index >= 15 is 0 Å². The Labute approximate surface area is 104 Å². The highest BCUT2D eigenvalue weighted by Crippen LogP contribution is 2.22. The van der Waals surface area contributed by atoms with Gasteiger partial charge in [-0.2, -0.15) is 0 Å². The smallest absolute Gasteiger partial charge is 0.191 e. The summed E-state index contributed by atoms with van der Waals surface area (Å²) in [5.74, 6) is 1.48. The average molecular weight is 239 g/mol. The van der Waals surface area contributed by atoms with Crippen LogP contribution in [-0.4, -0.2) is 43.7 Å². The van der Waals surface area contributed by atoms with Gasteiger partial charge < -0.3 is 15.4 Å². The monoisotopic (exact) mass is 239 g/mol. The molecule has 0 aromatic carbocycles. The Hall–Kier alpha value is -0.770. The molecule has 0 bridgehead atoms. The van der Waals surface area contributed by atoms with Gasteiger partial charge in [0.1, 0.15) is 0 Å². The molecule has 2 N–H and O–H groups in total. The minimum absolute atomic E-state index is 0.492. The Morgan fingerprint density at radius 2 is 1.88 bits per heavy atom. The highest BCUT2D eigenvalue weighted by Gasteiger charge is 2.21. The number of nitrogens with two attached hydrogens (primary N) is 1. The van der Waals surface area contributed by atoms with Crippen LogP contribution in [0.15, 0.2) is 4.99 Å². The van der Waals surface area contributed by atoms with Crippen LogP contribution in [0.2, 0.25) is 0 Å². The Balaban J connectivity index is 1.79. The summed E-state index contributed by atoms with van der Waals surface area (Å²) >= 11 is 0. The summed E-state index contributed by atoms with van der Waals surface area (Å²) in [7, 11) is 1.78. The number of hydrogen-bond acceptors (Lipinski definition) is 2. The molecule has 1 aliphatic carbocycles. The number of aliphatic imine (C=N–C) groups is 1. The third kappa shape index (κ3) is 3.60. The highest BCUT2D eigenvalue weighted by molar-refractivity contribution is 5.78. The minimum atomic E-state index is 0.492. The van der Waals surface area contributed by atoms with Crippen molar-refractivity contribution >= 4 is 5.96 Å². The standard InChI is InChI=1S/C13H25N3O/c1-17-10-11-6-8-16(9-7-11)13(14)15-12-4-2-3-5-12/h11-12H,2-10H2,1H3,(H2,14,15). The van der Waals surface area contributed by atoms with Gasteiger partial charge in [0.05, 0.1) is 6.04 Å². The lowest BCUT2D eigenvalue weighted by atomic mass is 9.98. The second kappa shape index (κ2) is 6.24. The summed E-state index contributed by atoms with van der Waals surface area (Å²) in [5.41, 5.74) is 6.09. The predicted molar refractivity (Wildman–Crippen MR) is 70.1 cm³/mol. The van der Waals surface area contributed by atoms with Gasteiger partial charge in [-0.3, -0.25) is 0 Å². The molecule has 0 unspecified atom stereocenters. The molecule has 98 valence electrons. The summed E-state index contributed by atoms with van der Waals surface area (Å²) in [6, 6.07) is 0.492. The molecular formula is C13H25N3O. The largest absolute Gasteiger partial charge is 0.384 e. The van der Waals surface area contributed by atoms with E-state index in [1.54, 1.807) is 7.11 Å². The molecule has 0 radical (unpaired) electrons. The van der Waals surface area contributed by atoms with Gasteiger partial charge in [-0.25, -0.2) is 4.99 Å². The van der Waals surface area contributed by atoms with E-state index in [1.165, 1.54) is 38.5 Å². The zero-order valence-electron chi connectivity index (χ0n) is 10.9. The van der Waals surface area contributed by atoms with E-state index in [1.807, 2.05) is 0 Å². The lowest BCUT2D eigenvalue weighted by Gasteiger charge is -2.32. The molecule has 0 aromatic heterocycles. The SMILES string of the molecule is COCC1CCN(C(N)=NC2CCCC2)CC1. The lowest BCUT2D eigenvalue weighted by Crippen LogP contribution is -2.44. The number of rotatable bonds is 3. The molecule has 1 heterocycles. The van der Waals surface area contributed by atoms with E-state index in [9.17, 15) is 0 Å². The van der Waals surface area contributed by atoms with E-state index in [0.29, 0.717) is 12.0 Å². The summed E-state index contributed by atoms with van der Waals surface area (Å²) in [4.78, 5) is 6.90. The maximum Gasteiger partial charge on any atom is 0.191 e. The maximum absolute atomic E-state index is 6.09. The molecule has 1 aliphatic heterocycles. The first-order chi connectivity index (χ1) is 8.29. The minimum Gasteiger partial charge on any atom is -0.384 e. The Morgan fingerprint density at radius 1 is 1.24 bits per heavy atom. The van der Waals surface area contributed by atoms with Crippen LogP contribution in [0, 0.1) is 5.92 Å². The van der Waals surface area contributed by atoms with E-state index in [0.717, 1.165) is 25.7 Å². The molecule has 4 heteroatoms. The van der Waals surface area contributed by atoms with Crippen molar-refractivity contribution in [3.05, 3.63) is 0 Å². The summed E-state index contributed by atoms with van der Waals surface area (Å²) in [5, 5.41) is 0.